The minimum Gasteiger partial charge on any atom is -0.323 e. The van der Waals surface area contributed by atoms with Crippen LogP contribution in [0.1, 0.15) is 12.0 Å². The van der Waals surface area contributed by atoms with Gasteiger partial charge < -0.3 is 5.32 Å². The summed E-state index contributed by atoms with van der Waals surface area (Å²) in [5, 5.41) is 9.81. The molecule has 0 fully saturated rings. The number of anilines is 2. The summed E-state index contributed by atoms with van der Waals surface area (Å²) in [5.74, 6) is -0.220. The Labute approximate surface area is 169 Å². The molecule has 3 aromatic rings. The van der Waals surface area contributed by atoms with Crippen LogP contribution in [-0.4, -0.2) is 28.8 Å². The first-order chi connectivity index (χ1) is 13.5. The molecule has 1 aromatic heterocycles. The summed E-state index contributed by atoms with van der Waals surface area (Å²) in [6.45, 7) is 1.86. The lowest BCUT2D eigenvalue weighted by atomic mass is 10.1. The van der Waals surface area contributed by atoms with E-state index in [4.69, 9.17) is 11.6 Å². The Kier molecular flexibility index (Phi) is 4.97. The molecule has 0 saturated heterocycles. The quantitative estimate of drug-likeness (QED) is 0.523. The van der Waals surface area contributed by atoms with Gasteiger partial charge in [0.25, 0.3) is 16.9 Å². The maximum absolute atomic E-state index is 12.6. The monoisotopic (exact) mass is 414 g/mol. The number of nitrogens with zero attached hydrogens (tertiary/aromatic N) is 1. The molecular weight excluding hydrogens is 398 g/mol. The Bertz CT molecular complexity index is 1080. The van der Waals surface area contributed by atoms with Gasteiger partial charge in [0, 0.05) is 10.7 Å². The van der Waals surface area contributed by atoms with Crippen LogP contribution >= 0.6 is 22.9 Å². The third-order valence-corrected chi connectivity index (χ3v) is 5.45. The van der Waals surface area contributed by atoms with Gasteiger partial charge in [0.15, 0.2) is 6.04 Å². The van der Waals surface area contributed by atoms with Gasteiger partial charge in [-0.05, 0) is 42.8 Å². The molecule has 0 saturated carbocycles. The summed E-state index contributed by atoms with van der Waals surface area (Å²) in [6.07, 6.45) is 0.0312. The van der Waals surface area contributed by atoms with Crippen LogP contribution in [0.15, 0.2) is 42.5 Å². The number of rotatable bonds is 3. The number of benzene rings is 2. The highest BCUT2D eigenvalue weighted by atomic mass is 35.5. The number of carbonyl (C=O) groups is 2. The first-order valence-electron chi connectivity index (χ1n) is 8.61. The predicted octanol–water partition coefficient (Wildman–Crippen LogP) is 1.63. The number of aromatic nitrogens is 1. The zero-order chi connectivity index (χ0) is 19.7. The number of amides is 2. The summed E-state index contributed by atoms with van der Waals surface area (Å²) >= 11 is 7.41. The molecule has 1 atom stereocenters. The topological polar surface area (TPSA) is 97.1 Å². The second kappa shape index (κ2) is 7.57. The van der Waals surface area contributed by atoms with Gasteiger partial charge in [0.05, 0.1) is 16.6 Å². The summed E-state index contributed by atoms with van der Waals surface area (Å²) in [5.41, 5.74) is 2.37. The van der Waals surface area contributed by atoms with Gasteiger partial charge in [0.2, 0.25) is 0 Å². The third kappa shape index (κ3) is 3.97. The zero-order valence-electron chi connectivity index (χ0n) is 14.9. The first-order valence-corrected chi connectivity index (χ1v) is 9.80. The predicted molar refractivity (Wildman–Crippen MR) is 111 cm³/mol. The average molecular weight is 415 g/mol. The van der Waals surface area contributed by atoms with Crippen LogP contribution in [0.5, 0.6) is 0 Å². The normalized spacial score (nSPS) is 16.4. The fourth-order valence-electron chi connectivity index (χ4n) is 2.88. The maximum Gasteiger partial charge on any atom is 0.358 e. The fraction of sp³-hybridized carbons (Fsp3) is 0.158. The van der Waals surface area contributed by atoms with E-state index in [1.807, 2.05) is 31.2 Å². The van der Waals surface area contributed by atoms with Crippen molar-refractivity contribution in [3.8, 4) is 0 Å². The van der Waals surface area contributed by atoms with Crippen molar-refractivity contribution in [1.29, 1.82) is 0 Å². The summed E-state index contributed by atoms with van der Waals surface area (Å²) in [6, 6.07) is 12.3. The van der Waals surface area contributed by atoms with Gasteiger partial charge in [-0.2, -0.15) is 0 Å². The number of hydrogen-bond donors (Lipinski definition) is 4. The second-order valence-electron chi connectivity index (χ2n) is 6.38. The van der Waals surface area contributed by atoms with Crippen LogP contribution < -0.4 is 20.9 Å². The average Bonchev–Trinajstić information content (AvgIpc) is 3.05. The molecule has 1 aliphatic rings. The molecule has 2 amide bonds. The van der Waals surface area contributed by atoms with Crippen LogP contribution in [0.25, 0.3) is 10.2 Å². The van der Waals surface area contributed by atoms with E-state index in [0.717, 1.165) is 15.8 Å². The molecule has 0 spiro atoms. The van der Waals surface area contributed by atoms with Gasteiger partial charge in [-0.3, -0.25) is 14.6 Å². The molecule has 2 aromatic carbocycles. The lowest BCUT2D eigenvalue weighted by Crippen LogP contribution is -2.89. The Morgan fingerprint density at radius 2 is 2.14 bits per heavy atom. The molecule has 9 heteroatoms. The van der Waals surface area contributed by atoms with Crippen molar-refractivity contribution in [2.45, 2.75) is 19.4 Å². The number of guanidine groups is 1. The Hall–Kier alpha value is -2.97. The van der Waals surface area contributed by atoms with E-state index in [0.29, 0.717) is 21.8 Å². The van der Waals surface area contributed by atoms with Crippen LogP contribution in [0.4, 0.5) is 10.8 Å². The van der Waals surface area contributed by atoms with E-state index in [1.165, 1.54) is 11.3 Å². The van der Waals surface area contributed by atoms with Gasteiger partial charge >= 0.3 is 5.96 Å². The molecule has 2 heterocycles. The highest BCUT2D eigenvalue weighted by molar-refractivity contribution is 7.22. The minimum atomic E-state index is -0.708. The fourth-order valence-corrected chi connectivity index (χ4v) is 3.98. The highest BCUT2D eigenvalue weighted by Crippen LogP contribution is 2.25. The van der Waals surface area contributed by atoms with Gasteiger partial charge in [-0.1, -0.05) is 35.1 Å². The highest BCUT2D eigenvalue weighted by Gasteiger charge is 2.31. The Balaban J connectivity index is 1.52. The molecule has 142 valence electrons. The molecule has 0 radical (unpaired) electrons. The van der Waals surface area contributed by atoms with Crippen molar-refractivity contribution in [3.63, 3.8) is 0 Å². The molecule has 28 heavy (non-hydrogen) atoms. The van der Waals surface area contributed by atoms with Crippen molar-refractivity contribution in [2.24, 2.45) is 0 Å². The van der Waals surface area contributed by atoms with Crippen LogP contribution in [0, 0.1) is 6.92 Å². The van der Waals surface area contributed by atoms with Crippen molar-refractivity contribution >= 4 is 61.7 Å². The van der Waals surface area contributed by atoms with E-state index >= 15 is 0 Å². The van der Waals surface area contributed by atoms with E-state index in [1.54, 1.807) is 18.2 Å². The summed E-state index contributed by atoms with van der Waals surface area (Å²) < 4.78 is 1.03. The van der Waals surface area contributed by atoms with Crippen molar-refractivity contribution in [2.75, 3.05) is 10.6 Å². The number of hydrogen-bond acceptors (Lipinski definition) is 5. The third-order valence-electron chi connectivity index (χ3n) is 4.26. The second-order valence-corrected chi connectivity index (χ2v) is 7.85. The lowest BCUT2D eigenvalue weighted by molar-refractivity contribution is -0.490. The van der Waals surface area contributed by atoms with E-state index in [2.05, 4.69) is 25.9 Å². The molecule has 7 nitrogen and oxygen atoms in total. The summed E-state index contributed by atoms with van der Waals surface area (Å²) in [4.78, 5) is 32.2. The zero-order valence-corrected chi connectivity index (χ0v) is 16.4. The van der Waals surface area contributed by atoms with Gasteiger partial charge in [-0.25, -0.2) is 15.6 Å². The number of halogens is 1. The van der Waals surface area contributed by atoms with Crippen LogP contribution in [0.2, 0.25) is 5.02 Å². The molecule has 0 unspecified atom stereocenters. The number of thiazole rings is 1. The molecule has 0 aliphatic carbocycles. The summed E-state index contributed by atoms with van der Waals surface area (Å²) in [7, 11) is 0. The van der Waals surface area contributed by atoms with Crippen molar-refractivity contribution < 1.29 is 14.6 Å². The Morgan fingerprint density at radius 3 is 2.93 bits per heavy atom. The number of carbonyl (C=O) groups excluding carboxylic acids is 2. The minimum absolute atomic E-state index is 0.0312. The molecule has 4 rings (SSSR count). The number of nitrogens with one attached hydrogen (secondary N) is 4. The number of fused-ring (bicyclic) bond motifs is 1. The van der Waals surface area contributed by atoms with E-state index in [-0.39, 0.29) is 18.2 Å². The molecule has 0 bridgehead atoms. The largest absolute Gasteiger partial charge is 0.358 e. The Morgan fingerprint density at radius 1 is 1.32 bits per heavy atom. The van der Waals surface area contributed by atoms with Gasteiger partial charge in [-0.15, -0.1) is 0 Å². The number of para-hydroxylation sites is 1. The molecular formula is C19H17ClN5O2S+. The van der Waals surface area contributed by atoms with Crippen molar-refractivity contribution in [3.05, 3.63) is 53.1 Å². The van der Waals surface area contributed by atoms with Gasteiger partial charge in [0.1, 0.15) is 0 Å². The standard InChI is InChI=1S/C19H16ClN5O2S/c1-10-8-11(20)6-7-12(10)21-17(27)14-9-16(26)24-18(22-14)25-19-23-13-4-2-3-5-15(13)28-19/h2-8,14H,9H2,1H3,(H,21,27)(H2,22,23,24,25,26)/p+1/t14-/m1/s1. The van der Waals surface area contributed by atoms with E-state index < -0.39 is 6.04 Å². The smallest absolute Gasteiger partial charge is 0.323 e. The van der Waals surface area contributed by atoms with Crippen LogP contribution in [-0.2, 0) is 9.59 Å². The van der Waals surface area contributed by atoms with Crippen molar-refractivity contribution in [1.82, 2.24) is 10.3 Å². The molecule has 1 aliphatic heterocycles. The maximum atomic E-state index is 12.6. The lowest BCUT2D eigenvalue weighted by Gasteiger charge is -2.17. The SMILES string of the molecule is Cc1cc(Cl)ccc1NC(=O)[C@H]1CC(=O)NC(Nc2nc3ccccc3s2)=[NH+]1. The van der Waals surface area contributed by atoms with E-state index in [9.17, 15) is 9.59 Å². The van der Waals surface area contributed by atoms with Crippen LogP contribution in [0.3, 0.4) is 0 Å². The first kappa shape index (κ1) is 18.4. The number of aryl methyl sites for hydroxylation is 1. The molecule has 4 N–H and O–H groups in total.